The zero-order chi connectivity index (χ0) is 13.5. The largest absolute Gasteiger partial charge is 0.480 e. The predicted molar refractivity (Wildman–Crippen MR) is 73.8 cm³/mol. The standard InChI is InChI=1S/C13H20N2O2S/c1-4-5-6-7-11(13(16)17)15(3)8-12-14-10(2)9-18-12/h6-7,9,11H,4-5,8H2,1-3H3,(H,16,17)/b7-6+/t11-/m0/s1. The molecule has 1 heterocycles. The molecule has 0 aromatic carbocycles. The lowest BCUT2D eigenvalue weighted by Crippen LogP contribution is -2.36. The van der Waals surface area contributed by atoms with E-state index >= 15 is 0 Å². The SMILES string of the molecule is CCC/C=C/[C@@H](C(=O)O)N(C)Cc1nc(C)cs1. The van der Waals surface area contributed by atoms with Crippen molar-refractivity contribution < 1.29 is 9.90 Å². The van der Waals surface area contributed by atoms with Crippen molar-refractivity contribution in [3.8, 4) is 0 Å². The number of carboxylic acids is 1. The van der Waals surface area contributed by atoms with Crippen LogP contribution in [0, 0.1) is 6.92 Å². The van der Waals surface area contributed by atoms with Crippen LogP contribution in [0.3, 0.4) is 0 Å². The molecule has 18 heavy (non-hydrogen) atoms. The number of carbonyl (C=O) groups is 1. The van der Waals surface area contributed by atoms with Gasteiger partial charge in [-0.2, -0.15) is 0 Å². The molecule has 1 N–H and O–H groups in total. The summed E-state index contributed by atoms with van der Waals surface area (Å²) in [6.45, 7) is 4.57. The summed E-state index contributed by atoms with van der Waals surface area (Å²) in [5, 5.41) is 12.1. The maximum absolute atomic E-state index is 11.2. The molecule has 1 rings (SSSR count). The van der Waals surface area contributed by atoms with Crippen LogP contribution in [0.5, 0.6) is 0 Å². The number of rotatable bonds is 7. The lowest BCUT2D eigenvalue weighted by atomic mass is 10.2. The third-order valence-electron chi connectivity index (χ3n) is 2.55. The van der Waals surface area contributed by atoms with Crippen LogP contribution >= 0.6 is 11.3 Å². The van der Waals surface area contributed by atoms with Crippen molar-refractivity contribution in [1.82, 2.24) is 9.88 Å². The molecule has 0 amide bonds. The number of aryl methyl sites for hydroxylation is 1. The van der Waals surface area contributed by atoms with Crippen LogP contribution in [0.1, 0.15) is 30.5 Å². The van der Waals surface area contributed by atoms with E-state index in [9.17, 15) is 9.90 Å². The van der Waals surface area contributed by atoms with Gasteiger partial charge in [0.05, 0.1) is 6.54 Å². The molecule has 0 saturated heterocycles. The second-order valence-corrected chi connectivity index (χ2v) is 5.24. The Morgan fingerprint density at radius 2 is 2.39 bits per heavy atom. The quantitative estimate of drug-likeness (QED) is 0.772. The van der Waals surface area contributed by atoms with E-state index in [1.165, 1.54) is 0 Å². The Morgan fingerprint density at radius 3 is 2.89 bits per heavy atom. The number of carboxylic acid groups (broad SMARTS) is 1. The summed E-state index contributed by atoms with van der Waals surface area (Å²) >= 11 is 1.57. The van der Waals surface area contributed by atoms with E-state index in [-0.39, 0.29) is 0 Å². The van der Waals surface area contributed by atoms with Crippen LogP contribution in [0.15, 0.2) is 17.5 Å². The molecule has 0 aliphatic rings. The second kappa shape index (κ2) is 7.28. The van der Waals surface area contributed by atoms with Crippen LogP contribution in [0.2, 0.25) is 0 Å². The molecule has 0 unspecified atom stereocenters. The Labute approximate surface area is 112 Å². The fraction of sp³-hybridized carbons (Fsp3) is 0.538. The fourth-order valence-corrected chi connectivity index (χ4v) is 2.43. The van der Waals surface area contributed by atoms with Gasteiger partial charge in [-0.1, -0.05) is 25.5 Å². The number of unbranched alkanes of at least 4 members (excludes halogenated alkanes) is 1. The van der Waals surface area contributed by atoms with E-state index < -0.39 is 12.0 Å². The molecule has 1 atom stereocenters. The van der Waals surface area contributed by atoms with Crippen LogP contribution in [0.4, 0.5) is 0 Å². The van der Waals surface area contributed by atoms with E-state index in [4.69, 9.17) is 0 Å². The highest BCUT2D eigenvalue weighted by molar-refractivity contribution is 7.09. The Bertz CT molecular complexity index is 415. The predicted octanol–water partition coefficient (Wildman–Crippen LogP) is 2.69. The summed E-state index contributed by atoms with van der Waals surface area (Å²) in [6, 6.07) is -0.583. The number of hydrogen-bond acceptors (Lipinski definition) is 4. The van der Waals surface area contributed by atoms with Gasteiger partial charge in [0.25, 0.3) is 0 Å². The number of nitrogens with zero attached hydrogens (tertiary/aromatic N) is 2. The van der Waals surface area contributed by atoms with E-state index in [2.05, 4.69) is 11.9 Å². The molecule has 0 saturated carbocycles. The van der Waals surface area contributed by atoms with Gasteiger partial charge in [0.1, 0.15) is 11.0 Å². The van der Waals surface area contributed by atoms with Crippen LogP contribution in [-0.4, -0.2) is 34.0 Å². The molecule has 0 aliphatic carbocycles. The number of likely N-dealkylation sites (N-methyl/N-ethyl adjacent to an activating group) is 1. The van der Waals surface area contributed by atoms with E-state index in [1.54, 1.807) is 22.3 Å². The lowest BCUT2D eigenvalue weighted by Gasteiger charge is -2.20. The summed E-state index contributed by atoms with van der Waals surface area (Å²) in [6.07, 6.45) is 5.63. The maximum Gasteiger partial charge on any atom is 0.324 e. The van der Waals surface area contributed by atoms with Crippen molar-refractivity contribution in [1.29, 1.82) is 0 Å². The average Bonchev–Trinajstić information content (AvgIpc) is 2.69. The molecule has 0 bridgehead atoms. The number of aromatic nitrogens is 1. The third kappa shape index (κ3) is 4.58. The summed E-state index contributed by atoms with van der Waals surface area (Å²) in [4.78, 5) is 17.4. The normalized spacial score (nSPS) is 13.3. The number of allylic oxidation sites excluding steroid dienone is 1. The van der Waals surface area contributed by atoms with Crippen molar-refractivity contribution in [2.45, 2.75) is 39.3 Å². The molecule has 0 aliphatic heterocycles. The summed E-state index contributed by atoms with van der Waals surface area (Å²) in [5.74, 6) is -0.821. The molecule has 1 aromatic rings. The van der Waals surface area contributed by atoms with Crippen LogP contribution in [0.25, 0.3) is 0 Å². The zero-order valence-corrected chi connectivity index (χ0v) is 11.9. The van der Waals surface area contributed by atoms with E-state index in [0.717, 1.165) is 23.5 Å². The van der Waals surface area contributed by atoms with Crippen molar-refractivity contribution >= 4 is 17.3 Å². The van der Waals surface area contributed by atoms with Crippen molar-refractivity contribution in [2.75, 3.05) is 7.05 Å². The first-order valence-corrected chi connectivity index (χ1v) is 6.93. The lowest BCUT2D eigenvalue weighted by molar-refractivity contribution is -0.141. The molecule has 0 spiro atoms. The van der Waals surface area contributed by atoms with E-state index in [0.29, 0.717) is 6.54 Å². The third-order valence-corrected chi connectivity index (χ3v) is 3.50. The van der Waals surface area contributed by atoms with Gasteiger partial charge < -0.3 is 5.11 Å². The summed E-state index contributed by atoms with van der Waals surface area (Å²) in [5.41, 5.74) is 0.983. The zero-order valence-electron chi connectivity index (χ0n) is 11.1. The Balaban J connectivity index is 2.64. The van der Waals surface area contributed by atoms with Gasteiger partial charge in [-0.25, -0.2) is 4.98 Å². The first-order chi connectivity index (χ1) is 8.54. The maximum atomic E-state index is 11.2. The number of thiazole rings is 1. The molecular weight excluding hydrogens is 248 g/mol. The molecule has 4 nitrogen and oxygen atoms in total. The summed E-state index contributed by atoms with van der Waals surface area (Å²) in [7, 11) is 1.81. The minimum atomic E-state index is -0.821. The average molecular weight is 268 g/mol. The smallest absolute Gasteiger partial charge is 0.324 e. The Hall–Kier alpha value is -1.20. The van der Waals surface area contributed by atoms with Crippen molar-refractivity contribution in [3.05, 3.63) is 28.2 Å². The molecule has 100 valence electrons. The molecule has 1 aromatic heterocycles. The van der Waals surface area contributed by atoms with Gasteiger partial charge in [0.2, 0.25) is 0 Å². The van der Waals surface area contributed by atoms with Crippen molar-refractivity contribution in [3.63, 3.8) is 0 Å². The fourth-order valence-electron chi connectivity index (χ4n) is 1.60. The first-order valence-electron chi connectivity index (χ1n) is 6.05. The second-order valence-electron chi connectivity index (χ2n) is 4.30. The topological polar surface area (TPSA) is 53.4 Å². The highest BCUT2D eigenvalue weighted by Crippen LogP contribution is 2.13. The monoisotopic (exact) mass is 268 g/mol. The number of hydrogen-bond donors (Lipinski definition) is 1. The molecule has 0 radical (unpaired) electrons. The van der Waals surface area contributed by atoms with Crippen LogP contribution < -0.4 is 0 Å². The minimum Gasteiger partial charge on any atom is -0.480 e. The molecule has 0 fully saturated rings. The van der Waals surface area contributed by atoms with Gasteiger partial charge in [0.15, 0.2) is 0 Å². The Kier molecular flexibility index (Phi) is 6.01. The van der Waals surface area contributed by atoms with Gasteiger partial charge in [-0.3, -0.25) is 9.69 Å². The van der Waals surface area contributed by atoms with Gasteiger partial charge >= 0.3 is 5.97 Å². The van der Waals surface area contributed by atoms with Gasteiger partial charge in [0, 0.05) is 11.1 Å². The molecule has 5 heteroatoms. The molecular formula is C13H20N2O2S. The summed E-state index contributed by atoms with van der Waals surface area (Å²) < 4.78 is 0. The highest BCUT2D eigenvalue weighted by atomic mass is 32.1. The number of aliphatic carboxylic acids is 1. The van der Waals surface area contributed by atoms with Crippen molar-refractivity contribution in [2.24, 2.45) is 0 Å². The van der Waals surface area contributed by atoms with Crippen LogP contribution in [-0.2, 0) is 11.3 Å². The first kappa shape index (κ1) is 14.9. The van der Waals surface area contributed by atoms with Gasteiger partial charge in [-0.15, -0.1) is 11.3 Å². The van der Waals surface area contributed by atoms with E-state index in [1.807, 2.05) is 25.4 Å². The minimum absolute atomic E-state index is 0.561. The van der Waals surface area contributed by atoms with Gasteiger partial charge in [-0.05, 0) is 20.4 Å². The highest BCUT2D eigenvalue weighted by Gasteiger charge is 2.20. The Morgan fingerprint density at radius 1 is 1.67 bits per heavy atom.